The van der Waals surface area contributed by atoms with E-state index in [1.165, 1.54) is 5.56 Å². The first-order valence-electron chi connectivity index (χ1n) is 10.3. The third-order valence-corrected chi connectivity index (χ3v) is 6.09. The number of nitrogens with zero attached hydrogens (tertiary/aromatic N) is 1. The van der Waals surface area contributed by atoms with Gasteiger partial charge < -0.3 is 14.5 Å². The molecule has 0 bridgehead atoms. The summed E-state index contributed by atoms with van der Waals surface area (Å²) in [5, 5.41) is 2.04. The average Bonchev–Trinajstić information content (AvgIpc) is 3.33. The van der Waals surface area contributed by atoms with Gasteiger partial charge in [-0.3, -0.25) is 9.59 Å². The summed E-state index contributed by atoms with van der Waals surface area (Å²) in [5.41, 5.74) is 5.35. The highest BCUT2D eigenvalue weighted by atomic mass is 32.2. The Labute approximate surface area is 189 Å². The highest BCUT2D eigenvalue weighted by molar-refractivity contribution is 8.27. The number of aromatic nitrogens is 1. The first kappa shape index (κ1) is 20.3. The fourth-order valence-corrected chi connectivity index (χ4v) is 4.27. The number of ether oxygens (including phenoxy) is 1. The Morgan fingerprint density at radius 2 is 2.00 bits per heavy atom. The van der Waals surface area contributed by atoms with Gasteiger partial charge in [0.25, 0.3) is 5.24 Å². The van der Waals surface area contributed by atoms with Gasteiger partial charge in [-0.2, -0.15) is 0 Å². The average molecular weight is 445 g/mol. The monoisotopic (exact) mass is 444 g/mol. The Morgan fingerprint density at radius 1 is 1.16 bits per heavy atom. The number of carbonyl (C=O) groups excluding carboxylic acids is 2. The molecule has 32 heavy (non-hydrogen) atoms. The van der Waals surface area contributed by atoms with E-state index in [9.17, 15) is 9.59 Å². The minimum Gasteiger partial charge on any atom is -0.487 e. The molecule has 1 fully saturated rings. The van der Waals surface area contributed by atoms with Gasteiger partial charge in [0.05, 0.1) is 5.70 Å². The number of nitrogens with one attached hydrogen (secondary N) is 1. The lowest BCUT2D eigenvalue weighted by atomic mass is 9.91. The van der Waals surface area contributed by atoms with Crippen LogP contribution in [0.15, 0.2) is 70.3 Å². The molecule has 0 spiro atoms. The number of hydrogen-bond donors (Lipinski definition) is 1. The number of hydrogen-bond acceptors (Lipinski definition) is 6. The van der Waals surface area contributed by atoms with Crippen LogP contribution in [0.3, 0.4) is 0 Å². The number of benzene rings is 2. The van der Waals surface area contributed by atoms with Crippen molar-refractivity contribution in [2.75, 3.05) is 0 Å². The van der Waals surface area contributed by atoms with E-state index >= 15 is 0 Å². The van der Waals surface area contributed by atoms with Gasteiger partial charge >= 0.3 is 0 Å². The molecule has 0 atom stereocenters. The van der Waals surface area contributed by atoms with Crippen LogP contribution in [0.1, 0.15) is 29.0 Å². The maximum Gasteiger partial charge on any atom is 0.291 e. The molecule has 1 aliphatic heterocycles. The van der Waals surface area contributed by atoms with Crippen molar-refractivity contribution in [1.82, 2.24) is 10.3 Å². The third kappa shape index (κ3) is 4.24. The van der Waals surface area contributed by atoms with Crippen LogP contribution in [0.4, 0.5) is 4.79 Å². The predicted octanol–water partition coefficient (Wildman–Crippen LogP) is 5.43. The topological polar surface area (TPSA) is 81.4 Å². The highest BCUT2D eigenvalue weighted by Crippen LogP contribution is 2.30. The lowest BCUT2D eigenvalue weighted by Gasteiger charge is -2.16. The normalized spacial score (nSPS) is 16.7. The van der Waals surface area contributed by atoms with E-state index in [-0.39, 0.29) is 10.4 Å². The molecule has 7 heteroatoms. The molecule has 160 valence electrons. The van der Waals surface area contributed by atoms with Crippen LogP contribution in [0.2, 0.25) is 0 Å². The van der Waals surface area contributed by atoms with Gasteiger partial charge in [-0.1, -0.05) is 30.3 Å². The van der Waals surface area contributed by atoms with Crippen molar-refractivity contribution in [3.05, 3.63) is 88.5 Å². The second-order valence-corrected chi connectivity index (χ2v) is 8.56. The van der Waals surface area contributed by atoms with Gasteiger partial charge in [-0.05, 0) is 66.8 Å². The smallest absolute Gasteiger partial charge is 0.291 e. The van der Waals surface area contributed by atoms with E-state index in [1.54, 1.807) is 6.08 Å². The molecular weight excluding hydrogens is 424 g/mol. The Morgan fingerprint density at radius 3 is 2.78 bits per heavy atom. The summed E-state index contributed by atoms with van der Waals surface area (Å²) in [5.74, 6) is 2.11. The Balaban J connectivity index is 1.28. The molecule has 1 aliphatic carbocycles. The quantitative estimate of drug-likeness (QED) is 0.529. The summed E-state index contributed by atoms with van der Waals surface area (Å²) in [6.45, 7) is 2.22. The Hall–Kier alpha value is -3.58. The fourth-order valence-electron chi connectivity index (χ4n) is 3.72. The summed E-state index contributed by atoms with van der Waals surface area (Å²) in [6, 6.07) is 15.8. The lowest BCUT2D eigenvalue weighted by Crippen LogP contribution is -2.11. The van der Waals surface area contributed by atoms with Gasteiger partial charge in [0, 0.05) is 17.3 Å². The number of rotatable bonds is 5. The van der Waals surface area contributed by atoms with E-state index in [2.05, 4.69) is 10.3 Å². The van der Waals surface area contributed by atoms with E-state index in [4.69, 9.17) is 9.15 Å². The maximum absolute atomic E-state index is 11.8. The van der Waals surface area contributed by atoms with E-state index in [1.807, 2.05) is 61.5 Å². The van der Waals surface area contributed by atoms with Crippen LogP contribution in [-0.4, -0.2) is 15.3 Å². The summed E-state index contributed by atoms with van der Waals surface area (Å²) in [4.78, 5) is 27.7. The standard InChI is InChI=1S/C25H20N2O4S/c1-15-22(26-23(31-15)17-5-3-2-4-6-17)14-30-20-10-9-18-11-16(7-8-19(18)13-20)12-21-24(28)32-25(29)27-21/h2-6,9-13H,7-8,14H2,1H3,(H,27,29). The summed E-state index contributed by atoms with van der Waals surface area (Å²) < 4.78 is 11.8. The summed E-state index contributed by atoms with van der Waals surface area (Å²) in [6.07, 6.45) is 5.44. The third-order valence-electron chi connectivity index (χ3n) is 5.40. The zero-order valence-electron chi connectivity index (χ0n) is 17.4. The molecule has 3 aromatic rings. The molecule has 0 radical (unpaired) electrons. The fraction of sp³-hybridized carbons (Fsp3) is 0.160. The molecule has 1 N–H and O–H groups in total. The van der Waals surface area contributed by atoms with Crippen LogP contribution in [0.5, 0.6) is 5.75 Å². The first-order chi connectivity index (χ1) is 15.5. The van der Waals surface area contributed by atoms with Crippen LogP contribution < -0.4 is 10.1 Å². The van der Waals surface area contributed by atoms with Crippen LogP contribution in [-0.2, 0) is 17.8 Å². The number of carbonyl (C=O) groups is 2. The first-order valence-corrected chi connectivity index (χ1v) is 11.1. The molecule has 6 nitrogen and oxygen atoms in total. The molecule has 2 heterocycles. The number of thioether (sulfide) groups is 1. The zero-order chi connectivity index (χ0) is 22.1. The van der Waals surface area contributed by atoms with Crippen molar-refractivity contribution in [1.29, 1.82) is 0 Å². The molecule has 2 aliphatic rings. The van der Waals surface area contributed by atoms with E-state index in [0.29, 0.717) is 30.0 Å². The van der Waals surface area contributed by atoms with Gasteiger partial charge in [0.15, 0.2) is 0 Å². The summed E-state index contributed by atoms with van der Waals surface area (Å²) in [7, 11) is 0. The number of amides is 1. The van der Waals surface area contributed by atoms with Gasteiger partial charge in [0.2, 0.25) is 11.0 Å². The molecule has 0 saturated carbocycles. The SMILES string of the molecule is Cc1oc(-c2ccccc2)nc1COc1ccc2c(c1)CCC(C=C1NC(=O)SC1=O)=C2. The molecule has 5 rings (SSSR count). The van der Waals surface area contributed by atoms with Gasteiger partial charge in [-0.25, -0.2) is 4.98 Å². The van der Waals surface area contributed by atoms with E-state index < -0.39 is 0 Å². The van der Waals surface area contributed by atoms with Gasteiger partial charge in [0.1, 0.15) is 23.8 Å². The molecule has 1 aromatic heterocycles. The van der Waals surface area contributed by atoms with E-state index in [0.717, 1.165) is 46.7 Å². The zero-order valence-corrected chi connectivity index (χ0v) is 18.2. The van der Waals surface area contributed by atoms with Crippen molar-refractivity contribution in [3.63, 3.8) is 0 Å². The number of allylic oxidation sites excluding steroid dienone is 2. The molecule has 1 saturated heterocycles. The lowest BCUT2D eigenvalue weighted by molar-refractivity contribution is -0.107. The van der Waals surface area contributed by atoms with Crippen molar-refractivity contribution in [3.8, 4) is 17.2 Å². The minimum atomic E-state index is -0.321. The molecule has 0 unspecified atom stereocenters. The van der Waals surface area contributed by atoms with Gasteiger partial charge in [-0.15, -0.1) is 0 Å². The molecule has 1 amide bonds. The highest BCUT2D eigenvalue weighted by Gasteiger charge is 2.25. The minimum absolute atomic E-state index is 0.232. The van der Waals surface area contributed by atoms with Crippen molar-refractivity contribution in [2.45, 2.75) is 26.4 Å². The number of oxazole rings is 1. The second kappa shape index (κ2) is 8.51. The predicted molar refractivity (Wildman–Crippen MR) is 123 cm³/mol. The Bertz CT molecular complexity index is 1270. The molecule has 2 aromatic carbocycles. The largest absolute Gasteiger partial charge is 0.487 e. The maximum atomic E-state index is 11.8. The number of fused-ring (bicyclic) bond motifs is 1. The summed E-state index contributed by atoms with van der Waals surface area (Å²) >= 11 is 0.697. The van der Waals surface area contributed by atoms with Crippen LogP contribution >= 0.6 is 11.8 Å². The van der Waals surface area contributed by atoms with Crippen LogP contribution in [0.25, 0.3) is 17.5 Å². The van der Waals surface area contributed by atoms with Crippen molar-refractivity contribution < 1.29 is 18.7 Å². The Kier molecular flexibility index (Phi) is 5.41. The molecular formula is C25H20N2O4S. The second-order valence-electron chi connectivity index (χ2n) is 7.62. The number of aryl methyl sites for hydroxylation is 2. The van der Waals surface area contributed by atoms with Crippen molar-refractivity contribution in [2.24, 2.45) is 0 Å². The van der Waals surface area contributed by atoms with Crippen molar-refractivity contribution >= 4 is 28.2 Å². The van der Waals surface area contributed by atoms with Crippen LogP contribution in [0, 0.1) is 6.92 Å².